The molecule has 2 atom stereocenters. The van der Waals surface area contributed by atoms with Gasteiger partial charge in [0.15, 0.2) is 11.6 Å². The molecule has 0 radical (unpaired) electrons. The number of benzene rings is 1. The third kappa shape index (κ3) is 4.95. The van der Waals surface area contributed by atoms with Crippen molar-refractivity contribution in [2.75, 3.05) is 37.5 Å². The van der Waals surface area contributed by atoms with E-state index in [0.717, 1.165) is 24.8 Å². The standard InChI is InChI=1S/C26H33ClN6O3/c1-26(2,3)36-25(34)33-16(13-32(4)5)14-35-21-22(30-24(27)31-23(21)33)28-15-10-11-20-18(12-15)17-8-6-7-9-19(17)29-20/h6-9,15-16,29H,10-14H2,1-5H3,(H,28,30,31)/t15-,16?/m1/s1. The largest absolute Gasteiger partial charge is 0.484 e. The topological polar surface area (TPSA) is 95.6 Å². The number of H-pyrrole nitrogens is 1. The van der Waals surface area contributed by atoms with Gasteiger partial charge >= 0.3 is 6.09 Å². The number of carbonyl (C=O) groups is 1. The highest BCUT2D eigenvalue weighted by atomic mass is 35.5. The summed E-state index contributed by atoms with van der Waals surface area (Å²) in [5.41, 5.74) is 3.12. The van der Waals surface area contributed by atoms with Gasteiger partial charge in [0.1, 0.15) is 12.2 Å². The maximum atomic E-state index is 13.3. The molecule has 2 N–H and O–H groups in total. The molecule has 1 aromatic carbocycles. The van der Waals surface area contributed by atoms with E-state index >= 15 is 0 Å². The Morgan fingerprint density at radius 3 is 2.83 bits per heavy atom. The Morgan fingerprint density at radius 1 is 1.31 bits per heavy atom. The van der Waals surface area contributed by atoms with Crippen molar-refractivity contribution < 1.29 is 14.3 Å². The van der Waals surface area contributed by atoms with E-state index < -0.39 is 11.7 Å². The summed E-state index contributed by atoms with van der Waals surface area (Å²) >= 11 is 6.39. The minimum atomic E-state index is -0.657. The van der Waals surface area contributed by atoms with Crippen LogP contribution in [0.5, 0.6) is 5.75 Å². The number of likely N-dealkylation sites (N-methyl/N-ethyl adjacent to an activating group) is 1. The Morgan fingerprint density at radius 2 is 2.08 bits per heavy atom. The number of para-hydroxylation sites is 1. The van der Waals surface area contributed by atoms with Gasteiger partial charge in [-0.25, -0.2) is 4.79 Å². The van der Waals surface area contributed by atoms with Crippen LogP contribution < -0.4 is 15.0 Å². The molecule has 5 rings (SSSR count). The Hall–Kier alpha value is -3.04. The zero-order chi connectivity index (χ0) is 25.6. The minimum Gasteiger partial charge on any atom is -0.484 e. The van der Waals surface area contributed by atoms with E-state index in [2.05, 4.69) is 38.5 Å². The lowest BCUT2D eigenvalue weighted by molar-refractivity contribution is 0.0533. The maximum Gasteiger partial charge on any atom is 0.416 e. The first-order valence-corrected chi connectivity index (χ1v) is 12.7. The molecule has 0 bridgehead atoms. The smallest absolute Gasteiger partial charge is 0.416 e. The van der Waals surface area contributed by atoms with Gasteiger partial charge in [0.2, 0.25) is 11.0 Å². The Kier molecular flexibility index (Phi) is 6.46. The number of carbonyl (C=O) groups excluding carboxylic acids is 1. The van der Waals surface area contributed by atoms with Crippen LogP contribution in [0.2, 0.25) is 5.28 Å². The second-order valence-corrected chi connectivity index (χ2v) is 11.1. The third-order valence-corrected chi connectivity index (χ3v) is 6.61. The van der Waals surface area contributed by atoms with Crippen LogP contribution in [-0.2, 0) is 17.6 Å². The lowest BCUT2D eigenvalue weighted by Gasteiger charge is -2.38. The van der Waals surface area contributed by atoms with Crippen LogP contribution in [0.3, 0.4) is 0 Å². The molecule has 9 nitrogen and oxygen atoms in total. The number of nitrogens with one attached hydrogen (secondary N) is 2. The van der Waals surface area contributed by atoms with Crippen LogP contribution in [-0.4, -0.2) is 70.9 Å². The molecule has 0 spiro atoms. The summed E-state index contributed by atoms with van der Waals surface area (Å²) in [7, 11) is 3.90. The number of aryl methyl sites for hydroxylation is 1. The van der Waals surface area contributed by atoms with Crippen LogP contribution in [0.4, 0.5) is 16.4 Å². The molecule has 0 fully saturated rings. The van der Waals surface area contributed by atoms with Gasteiger partial charge in [-0.3, -0.25) is 4.90 Å². The van der Waals surface area contributed by atoms with Crippen molar-refractivity contribution in [2.24, 2.45) is 0 Å². The second kappa shape index (κ2) is 9.44. The van der Waals surface area contributed by atoms with Crippen LogP contribution in [0.1, 0.15) is 38.4 Å². The van der Waals surface area contributed by atoms with E-state index in [0.29, 0.717) is 30.5 Å². The van der Waals surface area contributed by atoms with Crippen molar-refractivity contribution in [3.05, 3.63) is 40.8 Å². The zero-order valence-electron chi connectivity index (χ0n) is 21.4. The molecule has 10 heteroatoms. The zero-order valence-corrected chi connectivity index (χ0v) is 22.1. The molecular formula is C26H33ClN6O3. The van der Waals surface area contributed by atoms with E-state index in [9.17, 15) is 4.79 Å². The van der Waals surface area contributed by atoms with Gasteiger partial charge in [-0.2, -0.15) is 9.97 Å². The van der Waals surface area contributed by atoms with Gasteiger partial charge in [0.05, 0.1) is 6.04 Å². The first-order chi connectivity index (χ1) is 17.1. The normalized spacial score (nSPS) is 19.6. The lowest BCUT2D eigenvalue weighted by Crippen LogP contribution is -2.53. The summed E-state index contributed by atoms with van der Waals surface area (Å²) in [6.07, 6.45) is 2.21. The molecule has 3 heterocycles. The Labute approximate surface area is 216 Å². The highest BCUT2D eigenvalue weighted by molar-refractivity contribution is 6.28. The van der Waals surface area contributed by atoms with E-state index in [1.165, 1.54) is 16.6 Å². The van der Waals surface area contributed by atoms with Gasteiger partial charge in [0, 0.05) is 29.2 Å². The summed E-state index contributed by atoms with van der Waals surface area (Å²) in [5.74, 6) is 1.24. The summed E-state index contributed by atoms with van der Waals surface area (Å²) in [4.78, 5) is 29.3. The first kappa shape index (κ1) is 24.6. The predicted molar refractivity (Wildman–Crippen MR) is 141 cm³/mol. The van der Waals surface area contributed by atoms with E-state index in [-0.39, 0.29) is 17.4 Å². The van der Waals surface area contributed by atoms with E-state index in [4.69, 9.17) is 21.1 Å². The molecule has 1 aliphatic carbocycles. The number of fused-ring (bicyclic) bond motifs is 4. The number of halogens is 1. The minimum absolute atomic E-state index is 0.0440. The number of nitrogens with zero attached hydrogens (tertiary/aromatic N) is 4. The summed E-state index contributed by atoms with van der Waals surface area (Å²) < 4.78 is 11.9. The van der Waals surface area contributed by atoms with Crippen molar-refractivity contribution in [3.63, 3.8) is 0 Å². The molecule has 2 aromatic heterocycles. The van der Waals surface area contributed by atoms with Gasteiger partial charge in [-0.1, -0.05) is 18.2 Å². The van der Waals surface area contributed by atoms with Gasteiger partial charge in [-0.05, 0) is 77.4 Å². The third-order valence-electron chi connectivity index (χ3n) is 6.44. The van der Waals surface area contributed by atoms with Crippen molar-refractivity contribution in [3.8, 4) is 5.75 Å². The van der Waals surface area contributed by atoms with Crippen LogP contribution in [0, 0.1) is 0 Å². The fourth-order valence-electron chi connectivity index (χ4n) is 5.02. The summed E-state index contributed by atoms with van der Waals surface area (Å²) in [6, 6.07) is 8.22. The van der Waals surface area contributed by atoms with Crippen molar-refractivity contribution in [1.29, 1.82) is 0 Å². The number of aromatic nitrogens is 3. The molecule has 2 aliphatic rings. The molecular weight excluding hydrogens is 480 g/mol. The van der Waals surface area contributed by atoms with Crippen molar-refractivity contribution in [1.82, 2.24) is 19.9 Å². The molecule has 1 amide bonds. The number of ether oxygens (including phenoxy) is 2. The number of hydrogen-bond acceptors (Lipinski definition) is 7. The van der Waals surface area contributed by atoms with Crippen molar-refractivity contribution >= 4 is 40.2 Å². The van der Waals surface area contributed by atoms with Gasteiger partial charge in [0.25, 0.3) is 0 Å². The average molecular weight is 513 g/mol. The van der Waals surface area contributed by atoms with Gasteiger partial charge in [-0.15, -0.1) is 0 Å². The molecule has 1 aliphatic heterocycles. The molecule has 1 unspecified atom stereocenters. The fraction of sp³-hybridized carbons (Fsp3) is 0.500. The van der Waals surface area contributed by atoms with E-state index in [1.807, 2.05) is 45.8 Å². The maximum absolute atomic E-state index is 13.3. The molecule has 0 saturated heterocycles. The van der Waals surface area contributed by atoms with Gasteiger partial charge < -0.3 is 24.7 Å². The quantitative estimate of drug-likeness (QED) is 0.491. The predicted octanol–water partition coefficient (Wildman–Crippen LogP) is 4.64. The highest BCUT2D eigenvalue weighted by Gasteiger charge is 2.39. The number of anilines is 2. The monoisotopic (exact) mass is 512 g/mol. The van der Waals surface area contributed by atoms with Crippen LogP contribution >= 0.6 is 11.6 Å². The fourth-order valence-corrected chi connectivity index (χ4v) is 5.19. The number of amides is 1. The highest BCUT2D eigenvalue weighted by Crippen LogP contribution is 2.40. The lowest BCUT2D eigenvalue weighted by atomic mass is 9.91. The number of hydrogen-bond donors (Lipinski definition) is 2. The molecule has 3 aromatic rings. The summed E-state index contributed by atoms with van der Waals surface area (Å²) in [6.45, 7) is 6.40. The Balaban J connectivity index is 1.46. The molecule has 0 saturated carbocycles. The average Bonchev–Trinajstić information content (AvgIpc) is 3.15. The summed E-state index contributed by atoms with van der Waals surface area (Å²) in [5, 5.41) is 4.84. The van der Waals surface area contributed by atoms with Crippen molar-refractivity contribution in [2.45, 2.75) is 57.7 Å². The van der Waals surface area contributed by atoms with Crippen LogP contribution in [0.25, 0.3) is 10.9 Å². The molecule has 36 heavy (non-hydrogen) atoms. The SMILES string of the molecule is CN(C)CC1COc2c(N[C@@H]3CCc4[nH]c5ccccc5c4C3)nc(Cl)nc2N1C(=O)OC(C)(C)C. The van der Waals surface area contributed by atoms with E-state index in [1.54, 1.807) is 4.90 Å². The molecule has 192 valence electrons. The second-order valence-electron chi connectivity index (χ2n) is 10.8. The number of rotatable bonds is 4. The Bertz CT molecular complexity index is 1280. The van der Waals surface area contributed by atoms with Crippen LogP contribution in [0.15, 0.2) is 24.3 Å². The number of aromatic amines is 1. The first-order valence-electron chi connectivity index (χ1n) is 12.3.